The maximum Gasteiger partial charge on any atom is 0.231 e. The van der Waals surface area contributed by atoms with Crippen LogP contribution in [0.5, 0.6) is 0 Å². The summed E-state index contributed by atoms with van der Waals surface area (Å²) in [5.41, 5.74) is 2.07. The van der Waals surface area contributed by atoms with Gasteiger partial charge in [0.25, 0.3) is 0 Å². The van der Waals surface area contributed by atoms with Crippen molar-refractivity contribution in [3.05, 3.63) is 46.5 Å². The number of amides is 2. The monoisotopic (exact) mass is 426 g/mol. The zero-order chi connectivity index (χ0) is 21.1. The highest BCUT2D eigenvalue weighted by molar-refractivity contribution is 7.15. The van der Waals surface area contributed by atoms with E-state index in [0.29, 0.717) is 18.2 Å². The maximum atomic E-state index is 12.8. The van der Waals surface area contributed by atoms with Crippen molar-refractivity contribution >= 4 is 28.3 Å². The van der Waals surface area contributed by atoms with Crippen molar-refractivity contribution in [2.45, 2.75) is 46.2 Å². The fourth-order valence-corrected chi connectivity index (χ4v) is 5.17. The minimum absolute atomic E-state index is 0.0364. The van der Waals surface area contributed by atoms with Crippen molar-refractivity contribution in [3.63, 3.8) is 0 Å². The van der Waals surface area contributed by atoms with Gasteiger partial charge in [0.05, 0.1) is 11.6 Å². The van der Waals surface area contributed by atoms with E-state index in [1.54, 1.807) is 16.2 Å². The van der Waals surface area contributed by atoms with E-state index < -0.39 is 0 Å². The number of hydrogen-bond acceptors (Lipinski definition) is 5. The minimum atomic E-state index is -0.322. The van der Waals surface area contributed by atoms with Crippen LogP contribution in [0.25, 0.3) is 0 Å². The number of rotatable bonds is 6. The molecule has 1 N–H and O–H groups in total. The van der Waals surface area contributed by atoms with Crippen molar-refractivity contribution in [2.75, 3.05) is 25.0 Å². The maximum absolute atomic E-state index is 12.8. The standard InChI is InChI=1S/C23H30N4O2S/c1-16-8-10-26(11-9-16)15-20-17(2)24-23(30-20)25-22(29)19-12-21(28)27(14-19)13-18-6-4-3-5-7-18/h3-7,16,19H,8-15H2,1-2H3,(H,24,25,29). The number of anilines is 1. The van der Waals surface area contributed by atoms with Gasteiger partial charge in [0.1, 0.15) is 0 Å². The second-order valence-electron chi connectivity index (χ2n) is 8.64. The summed E-state index contributed by atoms with van der Waals surface area (Å²) in [6, 6.07) is 9.90. The zero-order valence-corrected chi connectivity index (χ0v) is 18.6. The molecule has 3 heterocycles. The van der Waals surface area contributed by atoms with Gasteiger partial charge >= 0.3 is 0 Å². The number of likely N-dealkylation sites (tertiary alicyclic amines) is 2. The number of aromatic nitrogens is 1. The summed E-state index contributed by atoms with van der Waals surface area (Å²) in [5.74, 6) is 0.423. The van der Waals surface area contributed by atoms with Gasteiger partial charge in [0.2, 0.25) is 11.8 Å². The number of hydrogen-bond donors (Lipinski definition) is 1. The van der Waals surface area contributed by atoms with Crippen molar-refractivity contribution in [2.24, 2.45) is 11.8 Å². The van der Waals surface area contributed by atoms with Crippen LogP contribution in [0.1, 0.15) is 42.3 Å². The van der Waals surface area contributed by atoms with Crippen LogP contribution < -0.4 is 5.32 Å². The topological polar surface area (TPSA) is 65.5 Å². The Morgan fingerprint density at radius 1 is 1.20 bits per heavy atom. The molecule has 2 aliphatic rings. The van der Waals surface area contributed by atoms with Gasteiger partial charge in [-0.05, 0) is 44.3 Å². The van der Waals surface area contributed by atoms with Crippen LogP contribution in [-0.4, -0.2) is 46.2 Å². The fraction of sp³-hybridized carbons (Fsp3) is 0.522. The second kappa shape index (κ2) is 9.27. The van der Waals surface area contributed by atoms with E-state index in [1.807, 2.05) is 37.3 Å². The van der Waals surface area contributed by atoms with E-state index in [-0.39, 0.29) is 24.2 Å². The third-order valence-corrected chi connectivity index (χ3v) is 7.23. The van der Waals surface area contributed by atoms with Gasteiger partial charge in [-0.3, -0.25) is 14.5 Å². The van der Waals surface area contributed by atoms with Crippen LogP contribution >= 0.6 is 11.3 Å². The van der Waals surface area contributed by atoms with Gasteiger partial charge in [0.15, 0.2) is 5.13 Å². The molecule has 1 unspecified atom stereocenters. The summed E-state index contributed by atoms with van der Waals surface area (Å²) >= 11 is 1.56. The Kier molecular flexibility index (Phi) is 6.49. The Hall–Kier alpha value is -2.25. The molecule has 2 amide bonds. The molecule has 30 heavy (non-hydrogen) atoms. The molecule has 2 aliphatic heterocycles. The number of thiazole rings is 1. The van der Waals surface area contributed by atoms with Crippen LogP contribution in [0.4, 0.5) is 5.13 Å². The average molecular weight is 427 g/mol. The Morgan fingerprint density at radius 2 is 1.93 bits per heavy atom. The highest BCUT2D eigenvalue weighted by Crippen LogP contribution is 2.28. The zero-order valence-electron chi connectivity index (χ0n) is 17.8. The minimum Gasteiger partial charge on any atom is -0.338 e. The van der Waals surface area contributed by atoms with Crippen LogP contribution in [0, 0.1) is 18.8 Å². The third-order valence-electron chi connectivity index (χ3n) is 6.17. The molecule has 4 rings (SSSR count). The van der Waals surface area contributed by atoms with Crippen LogP contribution in [0.15, 0.2) is 30.3 Å². The molecule has 6 nitrogen and oxygen atoms in total. The molecule has 1 aromatic carbocycles. The van der Waals surface area contributed by atoms with Crippen molar-refractivity contribution in [3.8, 4) is 0 Å². The lowest BCUT2D eigenvalue weighted by atomic mass is 9.99. The number of carbonyl (C=O) groups is 2. The van der Waals surface area contributed by atoms with Crippen molar-refractivity contribution in [1.29, 1.82) is 0 Å². The molecular weight excluding hydrogens is 396 g/mol. The summed E-state index contributed by atoms with van der Waals surface area (Å²) < 4.78 is 0. The lowest BCUT2D eigenvalue weighted by Crippen LogP contribution is -2.32. The predicted molar refractivity (Wildman–Crippen MR) is 119 cm³/mol. The lowest BCUT2D eigenvalue weighted by Gasteiger charge is -2.29. The molecule has 2 aromatic rings. The van der Waals surface area contributed by atoms with E-state index in [0.717, 1.165) is 36.8 Å². The molecule has 0 bridgehead atoms. The number of nitrogens with one attached hydrogen (secondary N) is 1. The summed E-state index contributed by atoms with van der Waals surface area (Å²) in [5, 5.41) is 3.61. The van der Waals surface area contributed by atoms with E-state index in [2.05, 4.69) is 22.1 Å². The first kappa shape index (κ1) is 21.0. The van der Waals surface area contributed by atoms with E-state index in [1.165, 1.54) is 17.7 Å². The molecule has 2 fully saturated rings. The van der Waals surface area contributed by atoms with Gasteiger partial charge in [0, 0.05) is 30.9 Å². The molecular formula is C23H30N4O2S. The van der Waals surface area contributed by atoms with Crippen molar-refractivity contribution in [1.82, 2.24) is 14.8 Å². The first-order valence-electron chi connectivity index (χ1n) is 10.8. The van der Waals surface area contributed by atoms with Gasteiger partial charge < -0.3 is 10.2 Å². The quantitative estimate of drug-likeness (QED) is 0.765. The van der Waals surface area contributed by atoms with Crippen LogP contribution in [-0.2, 0) is 22.7 Å². The Bertz CT molecular complexity index is 890. The molecule has 2 saturated heterocycles. The highest BCUT2D eigenvalue weighted by atomic mass is 32.1. The first-order chi connectivity index (χ1) is 14.5. The Labute approximate surface area is 182 Å². The van der Waals surface area contributed by atoms with Crippen LogP contribution in [0.3, 0.4) is 0 Å². The summed E-state index contributed by atoms with van der Waals surface area (Å²) in [6.07, 6.45) is 2.76. The first-order valence-corrected chi connectivity index (χ1v) is 11.6. The Morgan fingerprint density at radius 3 is 2.67 bits per heavy atom. The SMILES string of the molecule is Cc1nc(NC(=O)C2CC(=O)N(Cc3ccccc3)C2)sc1CN1CCC(C)CC1. The molecule has 1 atom stereocenters. The largest absolute Gasteiger partial charge is 0.338 e. The fourth-order valence-electron chi connectivity index (χ4n) is 4.16. The smallest absolute Gasteiger partial charge is 0.231 e. The number of piperidine rings is 1. The molecule has 0 spiro atoms. The second-order valence-corrected chi connectivity index (χ2v) is 9.72. The molecule has 0 saturated carbocycles. The van der Waals surface area contributed by atoms with E-state index >= 15 is 0 Å². The number of aryl methyl sites for hydroxylation is 1. The number of carbonyl (C=O) groups excluding carboxylic acids is 2. The molecule has 0 aliphatic carbocycles. The highest BCUT2D eigenvalue weighted by Gasteiger charge is 2.34. The van der Waals surface area contributed by atoms with Gasteiger partial charge in [-0.1, -0.05) is 37.3 Å². The Balaban J connectivity index is 1.32. The summed E-state index contributed by atoms with van der Waals surface area (Å²) in [6.45, 7) is 8.50. The molecule has 0 radical (unpaired) electrons. The van der Waals surface area contributed by atoms with E-state index in [4.69, 9.17) is 0 Å². The van der Waals surface area contributed by atoms with Crippen LogP contribution in [0.2, 0.25) is 0 Å². The number of benzene rings is 1. The van der Waals surface area contributed by atoms with Gasteiger partial charge in [-0.25, -0.2) is 4.98 Å². The van der Waals surface area contributed by atoms with Crippen molar-refractivity contribution < 1.29 is 9.59 Å². The normalized spacial score (nSPS) is 20.7. The van der Waals surface area contributed by atoms with Gasteiger partial charge in [-0.15, -0.1) is 11.3 Å². The van der Waals surface area contributed by atoms with E-state index in [9.17, 15) is 9.59 Å². The third kappa shape index (κ3) is 5.08. The molecule has 1 aromatic heterocycles. The molecule has 7 heteroatoms. The number of nitrogens with zero attached hydrogens (tertiary/aromatic N) is 3. The van der Waals surface area contributed by atoms with Gasteiger partial charge in [-0.2, -0.15) is 0 Å². The summed E-state index contributed by atoms with van der Waals surface area (Å²) in [4.78, 5) is 35.2. The average Bonchev–Trinajstić information content (AvgIpc) is 3.26. The lowest BCUT2D eigenvalue weighted by molar-refractivity contribution is -0.128. The summed E-state index contributed by atoms with van der Waals surface area (Å²) in [7, 11) is 0. The molecule has 160 valence electrons. The predicted octanol–water partition coefficient (Wildman–Crippen LogP) is 3.67.